The summed E-state index contributed by atoms with van der Waals surface area (Å²) in [5.74, 6) is 0.0357. The number of hydrogen-bond acceptors (Lipinski definition) is 6. The van der Waals surface area contributed by atoms with Crippen LogP contribution in [-0.4, -0.2) is 25.9 Å². The van der Waals surface area contributed by atoms with E-state index in [1.54, 1.807) is 18.3 Å². The van der Waals surface area contributed by atoms with Gasteiger partial charge in [0.15, 0.2) is 0 Å². The molecule has 1 aliphatic rings. The Labute approximate surface area is 199 Å². The van der Waals surface area contributed by atoms with Crippen LogP contribution >= 0.6 is 22.6 Å². The van der Waals surface area contributed by atoms with Gasteiger partial charge in [-0.15, -0.1) is 0 Å². The zero-order valence-electron chi connectivity index (χ0n) is 16.9. The molecule has 0 spiro atoms. The number of pyridine rings is 1. The van der Waals surface area contributed by atoms with Crippen molar-refractivity contribution in [3.05, 3.63) is 76.1 Å². The first-order chi connectivity index (χ1) is 15.4. The topological polar surface area (TPSA) is 109 Å². The number of halogens is 1. The summed E-state index contributed by atoms with van der Waals surface area (Å²) in [5.41, 5.74) is 4.11. The van der Waals surface area contributed by atoms with E-state index in [0.29, 0.717) is 29.6 Å². The van der Waals surface area contributed by atoms with Crippen LogP contribution < -0.4 is 15.5 Å². The maximum atomic E-state index is 12.9. The van der Waals surface area contributed by atoms with E-state index >= 15 is 0 Å². The summed E-state index contributed by atoms with van der Waals surface area (Å²) in [7, 11) is -3.89. The lowest BCUT2D eigenvalue weighted by atomic mass is 10.1. The third kappa shape index (κ3) is 5.96. The number of nitrogens with zero attached hydrogens (tertiary/aromatic N) is 1. The van der Waals surface area contributed by atoms with Gasteiger partial charge in [-0.1, -0.05) is 0 Å². The zero-order valence-corrected chi connectivity index (χ0v) is 19.9. The summed E-state index contributed by atoms with van der Waals surface area (Å²) >= 11 is 2.20. The number of aromatic nitrogens is 1. The first kappa shape index (κ1) is 22.5. The quantitative estimate of drug-likeness (QED) is 0.264. The van der Waals surface area contributed by atoms with Crippen LogP contribution in [0.25, 0.3) is 0 Å². The monoisotopic (exact) mass is 564 g/mol. The molecule has 0 saturated heterocycles. The molecule has 0 aliphatic heterocycles. The van der Waals surface area contributed by atoms with E-state index in [2.05, 4.69) is 43.1 Å². The molecule has 3 N–H and O–H groups in total. The fraction of sp³-hybridized carbons (Fsp3) is 0.182. The number of carbonyl (C=O) groups excluding carboxylic acids is 1. The van der Waals surface area contributed by atoms with Crippen molar-refractivity contribution in [3.8, 4) is 0 Å². The minimum absolute atomic E-state index is 0.00446. The van der Waals surface area contributed by atoms with Crippen molar-refractivity contribution >= 4 is 55.6 Å². The van der Waals surface area contributed by atoms with Crippen LogP contribution in [-0.2, 0) is 14.9 Å². The minimum Gasteiger partial charge on any atom is -0.355 e. The van der Waals surface area contributed by atoms with E-state index in [9.17, 15) is 13.2 Å². The van der Waals surface area contributed by atoms with Crippen LogP contribution in [0.5, 0.6) is 0 Å². The Bertz CT molecular complexity index is 1200. The fourth-order valence-electron chi connectivity index (χ4n) is 2.88. The Hall–Kier alpha value is -2.70. The van der Waals surface area contributed by atoms with Crippen LogP contribution in [0.15, 0.2) is 71.9 Å². The lowest BCUT2D eigenvalue weighted by Crippen LogP contribution is -2.25. The smallest absolute Gasteiger partial charge is 0.276 e. The summed E-state index contributed by atoms with van der Waals surface area (Å²) in [6.45, 7) is 0.465. The van der Waals surface area contributed by atoms with Crippen LogP contribution in [0.1, 0.15) is 23.2 Å². The molecule has 8 nitrogen and oxygen atoms in total. The second kappa shape index (κ2) is 9.84. The van der Waals surface area contributed by atoms with Crippen molar-refractivity contribution in [1.82, 2.24) is 10.5 Å². The summed E-state index contributed by atoms with van der Waals surface area (Å²) in [6.07, 6.45) is 5.18. The molecular weight excluding hydrogens is 543 g/mol. The van der Waals surface area contributed by atoms with E-state index in [1.165, 1.54) is 24.4 Å². The largest absolute Gasteiger partial charge is 0.355 e. The molecule has 1 amide bonds. The molecule has 1 saturated carbocycles. The second-order valence-electron chi connectivity index (χ2n) is 7.37. The van der Waals surface area contributed by atoms with Crippen molar-refractivity contribution in [2.45, 2.75) is 17.7 Å². The Balaban J connectivity index is 1.61. The summed E-state index contributed by atoms with van der Waals surface area (Å²) in [4.78, 5) is 21.9. The lowest BCUT2D eigenvalue weighted by molar-refractivity contribution is 0.0271. The van der Waals surface area contributed by atoms with Crippen LogP contribution in [0.3, 0.4) is 0 Å². The lowest BCUT2D eigenvalue weighted by Gasteiger charge is -2.15. The number of benzene rings is 2. The van der Waals surface area contributed by atoms with Gasteiger partial charge in [0.25, 0.3) is 15.9 Å². The SMILES string of the molecule is O=C(NOCC1CC1)c1ccc(S(=O)(=O)Nc2cccnc2)cc1Nc1ccc(I)cc1. The number of anilines is 3. The average molecular weight is 564 g/mol. The Morgan fingerprint density at radius 1 is 1.09 bits per heavy atom. The van der Waals surface area contributed by atoms with Crippen molar-refractivity contribution in [2.24, 2.45) is 5.92 Å². The van der Waals surface area contributed by atoms with Gasteiger partial charge in [-0.2, -0.15) is 0 Å². The Kier molecular flexibility index (Phi) is 6.92. The molecular formula is C22H21IN4O4S. The standard InChI is InChI=1S/C22H21IN4O4S/c23-16-5-7-17(8-6-16)25-21-12-19(32(29,30)27-18-2-1-11-24-13-18)9-10-20(21)22(28)26-31-14-15-3-4-15/h1-2,5-13,15,25,27H,3-4,14H2,(H,26,28). The van der Waals surface area contributed by atoms with E-state index in [1.807, 2.05) is 24.3 Å². The van der Waals surface area contributed by atoms with Gasteiger partial charge in [0.1, 0.15) is 0 Å². The highest BCUT2D eigenvalue weighted by atomic mass is 127. The van der Waals surface area contributed by atoms with Crippen molar-refractivity contribution in [1.29, 1.82) is 0 Å². The molecule has 0 unspecified atom stereocenters. The summed E-state index contributed by atoms with van der Waals surface area (Å²) < 4.78 is 29.3. The molecule has 0 radical (unpaired) electrons. The van der Waals surface area contributed by atoms with E-state index in [-0.39, 0.29) is 10.5 Å². The number of nitrogens with one attached hydrogen (secondary N) is 3. The number of hydroxylamine groups is 1. The van der Waals surface area contributed by atoms with Gasteiger partial charge in [0, 0.05) is 15.5 Å². The second-order valence-corrected chi connectivity index (χ2v) is 10.3. The van der Waals surface area contributed by atoms with Crippen LogP contribution in [0.2, 0.25) is 0 Å². The van der Waals surface area contributed by atoms with Crippen molar-refractivity contribution in [2.75, 3.05) is 16.6 Å². The molecule has 10 heteroatoms. The molecule has 3 aromatic rings. The molecule has 32 heavy (non-hydrogen) atoms. The highest BCUT2D eigenvalue weighted by Gasteiger charge is 2.23. The van der Waals surface area contributed by atoms with Gasteiger partial charge in [-0.05, 0) is 95.9 Å². The Morgan fingerprint density at radius 3 is 2.56 bits per heavy atom. The van der Waals surface area contributed by atoms with E-state index < -0.39 is 15.9 Å². The molecule has 1 aromatic heterocycles. The number of hydrogen-bond donors (Lipinski definition) is 3. The zero-order chi connectivity index (χ0) is 22.6. The maximum absolute atomic E-state index is 12.9. The first-order valence-corrected chi connectivity index (χ1v) is 12.5. The summed E-state index contributed by atoms with van der Waals surface area (Å²) in [5, 5.41) is 3.14. The van der Waals surface area contributed by atoms with E-state index in [0.717, 1.165) is 16.4 Å². The molecule has 166 valence electrons. The third-order valence-corrected chi connectivity index (χ3v) is 6.86. The maximum Gasteiger partial charge on any atom is 0.276 e. The van der Waals surface area contributed by atoms with Crippen LogP contribution in [0.4, 0.5) is 17.1 Å². The molecule has 1 aliphatic carbocycles. The van der Waals surface area contributed by atoms with E-state index in [4.69, 9.17) is 4.84 Å². The van der Waals surface area contributed by atoms with Gasteiger partial charge < -0.3 is 5.32 Å². The van der Waals surface area contributed by atoms with Gasteiger partial charge in [-0.25, -0.2) is 13.9 Å². The van der Waals surface area contributed by atoms with Gasteiger partial charge >= 0.3 is 0 Å². The normalized spacial score (nSPS) is 13.4. The molecule has 1 heterocycles. The van der Waals surface area contributed by atoms with Gasteiger partial charge in [0.05, 0.1) is 34.6 Å². The number of sulfonamides is 1. The first-order valence-electron chi connectivity index (χ1n) is 9.92. The highest BCUT2D eigenvalue weighted by molar-refractivity contribution is 14.1. The molecule has 1 fully saturated rings. The predicted octanol–water partition coefficient (Wildman–Crippen LogP) is 4.30. The molecule has 4 rings (SSSR count). The van der Waals surface area contributed by atoms with Crippen molar-refractivity contribution < 1.29 is 18.0 Å². The predicted molar refractivity (Wildman–Crippen MR) is 130 cm³/mol. The summed E-state index contributed by atoms with van der Waals surface area (Å²) in [6, 6.07) is 15.0. The molecule has 0 bridgehead atoms. The van der Waals surface area contributed by atoms with Crippen LogP contribution in [0, 0.1) is 9.49 Å². The fourth-order valence-corrected chi connectivity index (χ4v) is 4.31. The number of rotatable bonds is 9. The minimum atomic E-state index is -3.89. The van der Waals surface area contributed by atoms with Gasteiger partial charge in [0.2, 0.25) is 0 Å². The number of amides is 1. The third-order valence-electron chi connectivity index (χ3n) is 4.76. The average Bonchev–Trinajstić information content (AvgIpc) is 3.60. The Morgan fingerprint density at radius 2 is 1.88 bits per heavy atom. The number of carbonyl (C=O) groups is 1. The molecule has 0 atom stereocenters. The van der Waals surface area contributed by atoms with Gasteiger partial charge in [-0.3, -0.25) is 19.3 Å². The van der Waals surface area contributed by atoms with Crippen molar-refractivity contribution in [3.63, 3.8) is 0 Å². The highest BCUT2D eigenvalue weighted by Crippen LogP contribution is 2.29. The molecule has 2 aromatic carbocycles.